The molecule has 0 spiro atoms. The van der Waals surface area contributed by atoms with E-state index < -0.39 is 0 Å². The van der Waals surface area contributed by atoms with Crippen molar-refractivity contribution >= 4 is 88.4 Å². The molecule has 0 amide bonds. The molecule has 2 aromatic heterocycles. The third-order valence-electron chi connectivity index (χ3n) is 13.2. The van der Waals surface area contributed by atoms with E-state index in [0.29, 0.717) is 0 Å². The summed E-state index contributed by atoms with van der Waals surface area (Å²) in [6.45, 7) is 0. The standard InChI is InChI=1S/C60H39NO2/c1-2-13-42-37-58-54(36-41(42)12-1)59-52(18-10-22-57(59)62-58)50-15-5-7-20-55(50)61(46-32-27-40(28-33-46)49-17-9-19-53-51-16-6-8-21-56(51)63-60(49)53)45-30-25-38(26-31-45)43-29-34-48-44(35-43)24-23-39-11-3-4-14-47(39)48/h1-17,19-37,52H,18H2. The van der Waals surface area contributed by atoms with Crippen LogP contribution in [-0.4, -0.2) is 0 Å². The Kier molecular flexibility index (Phi) is 8.04. The summed E-state index contributed by atoms with van der Waals surface area (Å²) in [7, 11) is 0. The molecule has 10 aromatic carbocycles. The van der Waals surface area contributed by atoms with Crippen LogP contribution < -0.4 is 4.90 Å². The Morgan fingerprint density at radius 2 is 1.06 bits per heavy atom. The molecule has 12 aromatic rings. The molecule has 0 fully saturated rings. The Morgan fingerprint density at radius 1 is 0.413 bits per heavy atom. The van der Waals surface area contributed by atoms with Gasteiger partial charge in [-0.05, 0) is 122 Å². The molecule has 0 saturated carbocycles. The minimum Gasteiger partial charge on any atom is -0.456 e. The van der Waals surface area contributed by atoms with Crippen LogP contribution in [0.25, 0.3) is 93.6 Å². The fourth-order valence-corrected chi connectivity index (χ4v) is 10.2. The molecular formula is C60H39NO2. The molecule has 63 heavy (non-hydrogen) atoms. The van der Waals surface area contributed by atoms with E-state index >= 15 is 0 Å². The summed E-state index contributed by atoms with van der Waals surface area (Å²) in [5.74, 6) is 1.03. The summed E-state index contributed by atoms with van der Waals surface area (Å²) in [6.07, 6.45) is 5.30. The Hall–Kier alpha value is -8.14. The summed E-state index contributed by atoms with van der Waals surface area (Å²) < 4.78 is 13.1. The summed E-state index contributed by atoms with van der Waals surface area (Å²) in [5, 5.41) is 10.9. The summed E-state index contributed by atoms with van der Waals surface area (Å²) >= 11 is 0. The van der Waals surface area contributed by atoms with E-state index in [2.05, 4.69) is 211 Å². The fourth-order valence-electron chi connectivity index (χ4n) is 10.2. The van der Waals surface area contributed by atoms with Gasteiger partial charge in [-0.1, -0.05) is 158 Å². The lowest BCUT2D eigenvalue weighted by molar-refractivity contribution is 0.590. The van der Waals surface area contributed by atoms with Gasteiger partial charge in [0.15, 0.2) is 0 Å². The number of hydrogen-bond donors (Lipinski definition) is 0. The van der Waals surface area contributed by atoms with Crippen LogP contribution in [0.4, 0.5) is 17.1 Å². The van der Waals surface area contributed by atoms with Crippen LogP contribution in [0, 0.1) is 0 Å². The van der Waals surface area contributed by atoms with Crippen molar-refractivity contribution in [1.82, 2.24) is 0 Å². The number of benzene rings is 10. The normalized spacial score (nSPS) is 13.7. The number of anilines is 3. The first-order valence-corrected chi connectivity index (χ1v) is 21.8. The van der Waals surface area contributed by atoms with Crippen LogP contribution in [0.3, 0.4) is 0 Å². The van der Waals surface area contributed by atoms with Crippen LogP contribution in [0.1, 0.15) is 29.2 Å². The number of fused-ring (bicyclic) bond motifs is 10. The van der Waals surface area contributed by atoms with Gasteiger partial charge < -0.3 is 13.7 Å². The summed E-state index contributed by atoms with van der Waals surface area (Å²) in [6, 6.07) is 74.7. The van der Waals surface area contributed by atoms with Gasteiger partial charge in [-0.25, -0.2) is 0 Å². The highest BCUT2D eigenvalue weighted by atomic mass is 16.3. The molecule has 0 bridgehead atoms. The molecule has 1 aliphatic rings. The molecule has 0 N–H and O–H groups in total. The highest BCUT2D eigenvalue weighted by Gasteiger charge is 2.29. The van der Waals surface area contributed by atoms with E-state index in [0.717, 1.165) is 67.9 Å². The predicted octanol–water partition coefficient (Wildman–Crippen LogP) is 17.1. The Morgan fingerprint density at radius 3 is 1.90 bits per heavy atom. The highest BCUT2D eigenvalue weighted by Crippen LogP contribution is 2.48. The van der Waals surface area contributed by atoms with Gasteiger partial charge in [0.05, 0.1) is 0 Å². The van der Waals surface area contributed by atoms with E-state index in [1.165, 1.54) is 60.0 Å². The van der Waals surface area contributed by atoms with E-state index in [9.17, 15) is 0 Å². The molecule has 3 heteroatoms. The average Bonchev–Trinajstić information content (AvgIpc) is 3.92. The average molecular weight is 806 g/mol. The molecule has 2 heterocycles. The minimum atomic E-state index is 0.0871. The molecule has 1 aliphatic carbocycles. The lowest BCUT2D eigenvalue weighted by Gasteiger charge is -2.31. The monoisotopic (exact) mass is 805 g/mol. The maximum atomic E-state index is 6.62. The van der Waals surface area contributed by atoms with Gasteiger partial charge in [-0.15, -0.1) is 0 Å². The number of hydrogen-bond acceptors (Lipinski definition) is 3. The number of furan rings is 2. The molecular weight excluding hydrogens is 767 g/mol. The van der Waals surface area contributed by atoms with E-state index in [1.54, 1.807) is 0 Å². The van der Waals surface area contributed by atoms with Crippen molar-refractivity contribution in [2.24, 2.45) is 0 Å². The van der Waals surface area contributed by atoms with Crippen molar-refractivity contribution in [2.75, 3.05) is 4.90 Å². The number of nitrogens with zero attached hydrogens (tertiary/aromatic N) is 1. The summed E-state index contributed by atoms with van der Waals surface area (Å²) in [4.78, 5) is 2.42. The van der Waals surface area contributed by atoms with Crippen molar-refractivity contribution < 1.29 is 8.83 Å². The Labute approximate surface area is 364 Å². The van der Waals surface area contributed by atoms with Crippen LogP contribution in [0.15, 0.2) is 221 Å². The zero-order valence-corrected chi connectivity index (χ0v) is 34.3. The second-order valence-electron chi connectivity index (χ2n) is 16.8. The van der Waals surface area contributed by atoms with Gasteiger partial charge in [-0.3, -0.25) is 0 Å². The van der Waals surface area contributed by atoms with Gasteiger partial charge in [0.2, 0.25) is 0 Å². The van der Waals surface area contributed by atoms with Crippen molar-refractivity contribution in [3.8, 4) is 22.3 Å². The second-order valence-corrected chi connectivity index (χ2v) is 16.8. The third-order valence-corrected chi connectivity index (χ3v) is 13.2. The number of allylic oxidation sites excluding steroid dienone is 1. The lowest BCUT2D eigenvalue weighted by Crippen LogP contribution is -2.15. The molecule has 296 valence electrons. The zero-order valence-electron chi connectivity index (χ0n) is 34.3. The first-order valence-electron chi connectivity index (χ1n) is 21.8. The van der Waals surface area contributed by atoms with Gasteiger partial charge >= 0.3 is 0 Å². The molecule has 3 nitrogen and oxygen atoms in total. The van der Waals surface area contributed by atoms with Crippen molar-refractivity contribution in [3.05, 3.63) is 229 Å². The van der Waals surface area contributed by atoms with Crippen molar-refractivity contribution in [1.29, 1.82) is 0 Å². The van der Waals surface area contributed by atoms with Crippen molar-refractivity contribution in [2.45, 2.75) is 12.3 Å². The second kappa shape index (κ2) is 14.2. The SMILES string of the molecule is C1=Cc2oc3cc4ccccc4cc3c2C(c2ccccc2N(c2ccc(-c3ccc4c(ccc5ccccc54)c3)cc2)c2ccc(-c3cccc4c3oc3ccccc34)cc2)C1. The quantitative estimate of drug-likeness (QED) is 0.157. The van der Waals surface area contributed by atoms with Gasteiger partial charge in [-0.2, -0.15) is 0 Å². The van der Waals surface area contributed by atoms with E-state index in [-0.39, 0.29) is 5.92 Å². The van der Waals surface area contributed by atoms with E-state index in [1.807, 2.05) is 12.1 Å². The first-order chi connectivity index (χ1) is 31.2. The molecule has 0 radical (unpaired) electrons. The van der Waals surface area contributed by atoms with Crippen molar-refractivity contribution in [3.63, 3.8) is 0 Å². The first kappa shape index (κ1) is 35.6. The Balaban J connectivity index is 0.945. The number of rotatable bonds is 6. The van der Waals surface area contributed by atoms with Gasteiger partial charge in [0.1, 0.15) is 22.5 Å². The third kappa shape index (κ3) is 5.81. The maximum Gasteiger partial charge on any atom is 0.143 e. The fraction of sp³-hybridized carbons (Fsp3) is 0.0333. The minimum absolute atomic E-state index is 0.0871. The molecule has 1 unspecified atom stereocenters. The van der Waals surface area contributed by atoms with Gasteiger partial charge in [0, 0.05) is 50.3 Å². The smallest absolute Gasteiger partial charge is 0.143 e. The summed E-state index contributed by atoms with van der Waals surface area (Å²) in [5.41, 5.74) is 13.1. The van der Waals surface area contributed by atoms with Gasteiger partial charge in [0.25, 0.3) is 0 Å². The molecule has 13 rings (SSSR count). The lowest BCUT2D eigenvalue weighted by atomic mass is 9.82. The number of para-hydroxylation sites is 3. The predicted molar refractivity (Wildman–Crippen MR) is 264 cm³/mol. The largest absolute Gasteiger partial charge is 0.456 e. The van der Waals surface area contributed by atoms with Crippen LogP contribution >= 0.6 is 0 Å². The zero-order chi connectivity index (χ0) is 41.4. The topological polar surface area (TPSA) is 29.5 Å². The maximum absolute atomic E-state index is 6.62. The molecule has 0 aliphatic heterocycles. The Bertz CT molecular complexity index is 3770. The highest BCUT2D eigenvalue weighted by molar-refractivity contribution is 6.10. The van der Waals surface area contributed by atoms with E-state index in [4.69, 9.17) is 8.83 Å². The molecule has 0 saturated heterocycles. The van der Waals surface area contributed by atoms with Crippen LogP contribution in [0.2, 0.25) is 0 Å². The van der Waals surface area contributed by atoms with Crippen LogP contribution in [-0.2, 0) is 0 Å². The van der Waals surface area contributed by atoms with Crippen LogP contribution in [0.5, 0.6) is 0 Å². The molecule has 1 atom stereocenters.